The summed E-state index contributed by atoms with van der Waals surface area (Å²) >= 11 is 0. The van der Waals surface area contributed by atoms with Crippen LogP contribution in [0.5, 0.6) is 0 Å². The highest BCUT2D eigenvalue weighted by Crippen LogP contribution is 2.38. The van der Waals surface area contributed by atoms with Gasteiger partial charge in [-0.05, 0) is 24.7 Å². The first kappa shape index (κ1) is 18.3. The van der Waals surface area contributed by atoms with Crippen molar-refractivity contribution < 1.29 is 19.1 Å². The molecule has 1 aliphatic carbocycles. The number of hydrogen-bond donors (Lipinski definition) is 1. The van der Waals surface area contributed by atoms with Gasteiger partial charge in [-0.2, -0.15) is 4.98 Å². The summed E-state index contributed by atoms with van der Waals surface area (Å²) < 4.78 is 15.9. The van der Waals surface area contributed by atoms with E-state index in [1.165, 1.54) is 0 Å². The number of aliphatic hydroxyl groups is 1. The van der Waals surface area contributed by atoms with E-state index in [9.17, 15) is 5.11 Å². The molecule has 3 fully saturated rings. The Balaban J connectivity index is 1.32. The fourth-order valence-electron chi connectivity index (χ4n) is 4.78. The van der Waals surface area contributed by atoms with Gasteiger partial charge in [-0.25, -0.2) is 0 Å². The Morgan fingerprint density at radius 2 is 1.96 bits per heavy atom. The van der Waals surface area contributed by atoms with Gasteiger partial charge in [0.05, 0.1) is 32.5 Å². The maximum absolute atomic E-state index is 10.7. The molecule has 3 aliphatic rings. The summed E-state index contributed by atoms with van der Waals surface area (Å²) in [4.78, 5) is 9.28. The molecule has 4 rings (SSSR count). The van der Waals surface area contributed by atoms with Crippen molar-refractivity contribution >= 4 is 0 Å². The number of fused-ring (bicyclic) bond motifs is 1. The fourth-order valence-corrected chi connectivity index (χ4v) is 4.78. The van der Waals surface area contributed by atoms with Crippen LogP contribution < -0.4 is 0 Å². The zero-order valence-corrected chi connectivity index (χ0v) is 15.5. The molecular weight excluding hydrogens is 336 g/mol. The van der Waals surface area contributed by atoms with Crippen LogP contribution in [0.2, 0.25) is 0 Å². The van der Waals surface area contributed by atoms with E-state index in [4.69, 9.17) is 14.0 Å². The third-order valence-electron chi connectivity index (χ3n) is 6.10. The molecule has 1 aromatic rings. The number of aromatic nitrogens is 2. The zero-order chi connectivity index (χ0) is 17.9. The van der Waals surface area contributed by atoms with Gasteiger partial charge in [-0.15, -0.1) is 0 Å². The Hall–Kier alpha value is -1.06. The normalized spacial score (nSPS) is 33.5. The van der Waals surface area contributed by atoms with Gasteiger partial charge in [-0.3, -0.25) is 9.80 Å². The maximum Gasteiger partial charge on any atom is 0.240 e. The lowest BCUT2D eigenvalue weighted by Crippen LogP contribution is -2.53. The Bertz CT molecular complexity index is 577. The fraction of sp³-hybridized carbons (Fsp3) is 0.889. The number of nitrogens with zero attached hydrogens (tertiary/aromatic N) is 4. The van der Waals surface area contributed by atoms with Gasteiger partial charge in [0.15, 0.2) is 5.82 Å². The second-order valence-corrected chi connectivity index (χ2v) is 7.82. The Morgan fingerprint density at radius 1 is 1.19 bits per heavy atom. The van der Waals surface area contributed by atoms with Crippen molar-refractivity contribution in [1.29, 1.82) is 0 Å². The van der Waals surface area contributed by atoms with Crippen LogP contribution in [0.1, 0.15) is 24.6 Å². The van der Waals surface area contributed by atoms with Crippen LogP contribution in [0.4, 0.5) is 0 Å². The van der Waals surface area contributed by atoms with E-state index >= 15 is 0 Å². The zero-order valence-electron chi connectivity index (χ0n) is 15.5. The average Bonchev–Trinajstić information content (AvgIpc) is 3.26. The Kier molecular flexibility index (Phi) is 5.85. The van der Waals surface area contributed by atoms with Gasteiger partial charge in [0.2, 0.25) is 5.89 Å². The molecular formula is C18H30N4O4. The number of hydrogen-bond acceptors (Lipinski definition) is 8. The van der Waals surface area contributed by atoms with E-state index in [-0.39, 0.29) is 12.1 Å². The number of aliphatic hydroxyl groups excluding tert-OH is 1. The minimum atomic E-state index is -0.224. The smallest absolute Gasteiger partial charge is 0.240 e. The second-order valence-electron chi connectivity index (χ2n) is 7.82. The highest BCUT2D eigenvalue weighted by atomic mass is 16.5. The Morgan fingerprint density at radius 3 is 2.73 bits per heavy atom. The second kappa shape index (κ2) is 8.31. The predicted octanol–water partition coefficient (Wildman–Crippen LogP) is 0.162. The molecule has 8 heteroatoms. The molecule has 4 atom stereocenters. The van der Waals surface area contributed by atoms with Crippen molar-refractivity contribution in [1.82, 2.24) is 19.9 Å². The minimum Gasteiger partial charge on any atom is -0.391 e. The lowest BCUT2D eigenvalue weighted by atomic mass is 9.77. The average molecular weight is 366 g/mol. The molecule has 1 saturated carbocycles. The summed E-state index contributed by atoms with van der Waals surface area (Å²) in [5.74, 6) is 2.60. The molecule has 2 aliphatic heterocycles. The molecule has 1 aromatic heterocycles. The predicted molar refractivity (Wildman–Crippen MR) is 93.6 cm³/mol. The molecule has 26 heavy (non-hydrogen) atoms. The van der Waals surface area contributed by atoms with Crippen LogP contribution in [-0.4, -0.2) is 90.3 Å². The van der Waals surface area contributed by atoms with Crippen LogP contribution in [0.15, 0.2) is 4.52 Å². The van der Waals surface area contributed by atoms with E-state index in [2.05, 4.69) is 19.9 Å². The van der Waals surface area contributed by atoms with Gasteiger partial charge in [0.25, 0.3) is 0 Å². The van der Waals surface area contributed by atoms with Crippen molar-refractivity contribution in [2.24, 2.45) is 11.8 Å². The van der Waals surface area contributed by atoms with Crippen molar-refractivity contribution in [2.45, 2.75) is 38.0 Å². The summed E-state index contributed by atoms with van der Waals surface area (Å²) in [5.41, 5.74) is 0. The van der Waals surface area contributed by atoms with Gasteiger partial charge in [0, 0.05) is 45.8 Å². The van der Waals surface area contributed by atoms with Crippen LogP contribution in [0.25, 0.3) is 0 Å². The standard InChI is InChI=1S/C18H30N4O4/c1-24-5-2-17-19-18(26-20-17)12-21-10-13-8-15(16(23)9-14(13)11-21)22-3-6-25-7-4-22/h13-16,23H,2-12H2,1H3/t13-,14+,15-,16-/m1/s1. The highest BCUT2D eigenvalue weighted by molar-refractivity contribution is 4.98. The van der Waals surface area contributed by atoms with Crippen molar-refractivity contribution in [2.75, 3.05) is 53.1 Å². The number of rotatable bonds is 6. The molecule has 0 aromatic carbocycles. The van der Waals surface area contributed by atoms with E-state index in [1.807, 2.05) is 0 Å². The summed E-state index contributed by atoms with van der Waals surface area (Å²) in [6, 6.07) is 0.282. The number of ether oxygens (including phenoxy) is 2. The highest BCUT2D eigenvalue weighted by Gasteiger charge is 2.43. The number of likely N-dealkylation sites (tertiary alicyclic amines) is 1. The summed E-state index contributed by atoms with van der Waals surface area (Å²) in [7, 11) is 1.67. The molecule has 1 N–H and O–H groups in total. The van der Waals surface area contributed by atoms with Gasteiger partial charge >= 0.3 is 0 Å². The van der Waals surface area contributed by atoms with Gasteiger partial charge < -0.3 is 19.1 Å². The molecule has 2 saturated heterocycles. The number of methoxy groups -OCH3 is 1. The largest absolute Gasteiger partial charge is 0.391 e. The minimum absolute atomic E-state index is 0.224. The molecule has 3 heterocycles. The van der Waals surface area contributed by atoms with Crippen molar-refractivity contribution in [3.63, 3.8) is 0 Å². The third kappa shape index (κ3) is 4.09. The molecule has 0 bridgehead atoms. The van der Waals surface area contributed by atoms with Crippen LogP contribution >= 0.6 is 0 Å². The molecule has 0 amide bonds. The first-order valence-electron chi connectivity index (χ1n) is 9.75. The molecule has 0 unspecified atom stereocenters. The first-order chi connectivity index (χ1) is 12.7. The van der Waals surface area contributed by atoms with Crippen LogP contribution in [0.3, 0.4) is 0 Å². The van der Waals surface area contributed by atoms with Gasteiger partial charge in [-0.1, -0.05) is 5.16 Å². The van der Waals surface area contributed by atoms with Gasteiger partial charge in [0.1, 0.15) is 0 Å². The molecule has 8 nitrogen and oxygen atoms in total. The maximum atomic E-state index is 10.7. The van der Waals surface area contributed by atoms with Crippen LogP contribution in [-0.2, 0) is 22.4 Å². The SMILES string of the molecule is COCCc1noc(CN2C[C@H]3C[C@@H](N4CCOCC4)[C@H](O)C[C@H]3C2)n1. The lowest BCUT2D eigenvalue weighted by Gasteiger charge is -2.43. The van der Waals surface area contributed by atoms with E-state index in [1.54, 1.807) is 7.11 Å². The van der Waals surface area contributed by atoms with Crippen molar-refractivity contribution in [3.8, 4) is 0 Å². The van der Waals surface area contributed by atoms with E-state index in [0.29, 0.717) is 43.1 Å². The molecule has 0 radical (unpaired) electrons. The van der Waals surface area contributed by atoms with E-state index in [0.717, 1.165) is 52.2 Å². The summed E-state index contributed by atoms with van der Waals surface area (Å²) in [5, 5.41) is 14.7. The molecule has 0 spiro atoms. The Labute approximate surface area is 154 Å². The van der Waals surface area contributed by atoms with Crippen molar-refractivity contribution in [3.05, 3.63) is 11.7 Å². The third-order valence-corrected chi connectivity index (χ3v) is 6.10. The van der Waals surface area contributed by atoms with E-state index < -0.39 is 0 Å². The summed E-state index contributed by atoms with van der Waals surface area (Å²) in [6.07, 6.45) is 2.43. The lowest BCUT2D eigenvalue weighted by molar-refractivity contribution is -0.0520. The first-order valence-corrected chi connectivity index (χ1v) is 9.75. The topological polar surface area (TPSA) is 84.1 Å². The number of morpholine rings is 1. The summed E-state index contributed by atoms with van der Waals surface area (Å²) in [6.45, 7) is 6.81. The molecule has 146 valence electrons. The quantitative estimate of drug-likeness (QED) is 0.762. The monoisotopic (exact) mass is 366 g/mol. The van der Waals surface area contributed by atoms with Crippen LogP contribution in [0, 0.1) is 11.8 Å².